The van der Waals surface area contributed by atoms with E-state index in [0.29, 0.717) is 0 Å². The highest BCUT2D eigenvalue weighted by Gasteiger charge is 2.08. The molecule has 3 heteroatoms. The highest BCUT2D eigenvalue weighted by molar-refractivity contribution is 4.93. The lowest BCUT2D eigenvalue weighted by molar-refractivity contribution is 0.144. The molecular weight excluding hydrogens is 262 g/mol. The third-order valence-electron chi connectivity index (χ3n) is 3.62. The molecule has 4 N–H and O–H groups in total. The molecule has 0 bridgehead atoms. The first-order valence-corrected chi connectivity index (χ1v) is 8.58. The van der Waals surface area contributed by atoms with Gasteiger partial charge in [-0.1, -0.05) is 56.9 Å². The summed E-state index contributed by atoms with van der Waals surface area (Å²) in [7, 11) is 0. The Labute approximate surface area is 130 Å². The Balaban J connectivity index is 3.33. The summed E-state index contributed by atoms with van der Waals surface area (Å²) in [6.45, 7) is 2.06. The normalized spacial score (nSPS) is 15.0. The molecule has 0 radical (unpaired) electrons. The number of nitrogens with two attached hydrogens (primary N) is 1. The third-order valence-corrected chi connectivity index (χ3v) is 3.62. The topological polar surface area (TPSA) is 66.5 Å². The molecule has 0 saturated carbocycles. The van der Waals surface area contributed by atoms with Gasteiger partial charge in [0.1, 0.15) is 0 Å². The fraction of sp³-hybridized carbons (Fsp3) is 0.778. The second kappa shape index (κ2) is 15.7. The number of aliphatic hydroxyl groups excluding tert-OH is 2. The Morgan fingerprint density at radius 3 is 1.95 bits per heavy atom. The highest BCUT2D eigenvalue weighted by Crippen LogP contribution is 2.07. The molecule has 0 spiro atoms. The molecule has 0 fully saturated rings. The van der Waals surface area contributed by atoms with E-state index in [-0.39, 0.29) is 6.61 Å². The molecule has 0 heterocycles. The molecule has 2 atom stereocenters. The van der Waals surface area contributed by atoms with Gasteiger partial charge in [-0.25, -0.2) is 0 Å². The molecule has 21 heavy (non-hydrogen) atoms. The molecule has 0 amide bonds. The van der Waals surface area contributed by atoms with E-state index in [2.05, 4.69) is 19.1 Å². The first kappa shape index (κ1) is 20.4. The van der Waals surface area contributed by atoms with Crippen molar-refractivity contribution in [1.29, 1.82) is 0 Å². The molecule has 0 rings (SSSR count). The summed E-state index contributed by atoms with van der Waals surface area (Å²) >= 11 is 0. The lowest BCUT2D eigenvalue weighted by atomic mass is 10.1. The lowest BCUT2D eigenvalue weighted by Gasteiger charge is -2.11. The van der Waals surface area contributed by atoms with Crippen LogP contribution in [0.25, 0.3) is 0 Å². The Bertz CT molecular complexity index is 264. The Kier molecular flexibility index (Phi) is 15.3. The van der Waals surface area contributed by atoms with Crippen molar-refractivity contribution in [3.8, 4) is 0 Å². The van der Waals surface area contributed by atoms with Crippen molar-refractivity contribution in [2.24, 2.45) is 5.73 Å². The maximum absolute atomic E-state index is 9.51. The van der Waals surface area contributed by atoms with Crippen LogP contribution in [-0.4, -0.2) is 29.0 Å². The van der Waals surface area contributed by atoms with Crippen LogP contribution >= 0.6 is 0 Å². The zero-order chi connectivity index (χ0) is 15.8. The van der Waals surface area contributed by atoms with Gasteiger partial charge in [0, 0.05) is 0 Å². The van der Waals surface area contributed by atoms with E-state index in [1.807, 2.05) is 6.08 Å². The van der Waals surface area contributed by atoms with Crippen molar-refractivity contribution in [2.75, 3.05) is 6.61 Å². The fourth-order valence-corrected chi connectivity index (χ4v) is 2.11. The van der Waals surface area contributed by atoms with Crippen molar-refractivity contribution >= 4 is 0 Å². The second-order valence-electron chi connectivity index (χ2n) is 5.72. The van der Waals surface area contributed by atoms with Crippen molar-refractivity contribution in [3.63, 3.8) is 0 Å². The van der Waals surface area contributed by atoms with Crippen LogP contribution in [0.15, 0.2) is 24.3 Å². The maximum Gasteiger partial charge on any atom is 0.0894 e. The number of aliphatic hydroxyl groups is 2. The van der Waals surface area contributed by atoms with Gasteiger partial charge in [0.15, 0.2) is 0 Å². The summed E-state index contributed by atoms with van der Waals surface area (Å²) in [6.07, 6.45) is 19.9. The molecule has 0 aliphatic rings. The van der Waals surface area contributed by atoms with Crippen LogP contribution in [0.2, 0.25) is 0 Å². The summed E-state index contributed by atoms with van der Waals surface area (Å²) in [6, 6.07) is -0.568. The molecule has 0 aliphatic carbocycles. The second-order valence-corrected chi connectivity index (χ2v) is 5.72. The molecule has 0 aromatic heterocycles. The van der Waals surface area contributed by atoms with E-state index in [1.54, 1.807) is 6.08 Å². The smallest absolute Gasteiger partial charge is 0.0894 e. The molecule has 0 aromatic carbocycles. The van der Waals surface area contributed by atoms with Gasteiger partial charge < -0.3 is 15.9 Å². The quantitative estimate of drug-likeness (QED) is 0.338. The minimum Gasteiger partial charge on any atom is -0.395 e. The van der Waals surface area contributed by atoms with E-state index in [9.17, 15) is 5.11 Å². The molecule has 0 aliphatic heterocycles. The van der Waals surface area contributed by atoms with E-state index < -0.39 is 12.1 Å². The summed E-state index contributed by atoms with van der Waals surface area (Å²) in [5.74, 6) is 0. The lowest BCUT2D eigenvalue weighted by Crippen LogP contribution is -2.36. The van der Waals surface area contributed by atoms with Crippen LogP contribution in [-0.2, 0) is 0 Å². The Morgan fingerprint density at radius 2 is 1.38 bits per heavy atom. The zero-order valence-electron chi connectivity index (χ0n) is 13.7. The summed E-state index contributed by atoms with van der Waals surface area (Å²) in [4.78, 5) is 0. The molecule has 124 valence electrons. The molecular formula is C18H35NO2. The number of allylic oxidation sites excluding steroid dienone is 3. The maximum atomic E-state index is 9.51. The Hall–Kier alpha value is -0.640. The Morgan fingerprint density at radius 1 is 0.857 bits per heavy atom. The van der Waals surface area contributed by atoms with Crippen molar-refractivity contribution in [2.45, 2.75) is 83.3 Å². The van der Waals surface area contributed by atoms with Crippen LogP contribution in [0.3, 0.4) is 0 Å². The van der Waals surface area contributed by atoms with Gasteiger partial charge in [-0.05, 0) is 38.5 Å². The summed E-state index contributed by atoms with van der Waals surface area (Å²) in [5, 5.41) is 18.3. The van der Waals surface area contributed by atoms with Gasteiger partial charge in [0.25, 0.3) is 0 Å². The largest absolute Gasteiger partial charge is 0.395 e. The van der Waals surface area contributed by atoms with Gasteiger partial charge in [-0.2, -0.15) is 0 Å². The van der Waals surface area contributed by atoms with Gasteiger partial charge in [0.05, 0.1) is 18.8 Å². The first-order chi connectivity index (χ1) is 10.2. The van der Waals surface area contributed by atoms with Crippen molar-refractivity contribution in [3.05, 3.63) is 24.3 Å². The standard InChI is InChI=1S/C18H35NO2/c1-2-3-4-5-6-7-8-9-10-11-12-13-14-15-18(21)17(19)16-20/h8-9,14-15,17-18,20-21H,2-7,10-13,16,19H2,1H3/b9-8+,15-14+/t17-,18+/m0/s1. The van der Waals surface area contributed by atoms with Gasteiger partial charge in [-0.3, -0.25) is 0 Å². The molecule has 0 saturated heterocycles. The minimum absolute atomic E-state index is 0.186. The van der Waals surface area contributed by atoms with Crippen LogP contribution in [0.5, 0.6) is 0 Å². The molecule has 0 aromatic rings. The average Bonchev–Trinajstić information content (AvgIpc) is 2.50. The summed E-state index contributed by atoms with van der Waals surface area (Å²) < 4.78 is 0. The van der Waals surface area contributed by atoms with Crippen molar-refractivity contribution < 1.29 is 10.2 Å². The van der Waals surface area contributed by atoms with E-state index >= 15 is 0 Å². The van der Waals surface area contributed by atoms with Gasteiger partial charge in [-0.15, -0.1) is 0 Å². The van der Waals surface area contributed by atoms with Crippen LogP contribution in [0.4, 0.5) is 0 Å². The minimum atomic E-state index is -0.734. The highest BCUT2D eigenvalue weighted by atomic mass is 16.3. The zero-order valence-corrected chi connectivity index (χ0v) is 13.7. The number of unbranched alkanes of at least 4 members (excludes halogenated alkanes) is 8. The third kappa shape index (κ3) is 14.1. The summed E-state index contributed by atoms with van der Waals surface area (Å²) in [5.41, 5.74) is 5.50. The number of hydrogen-bond donors (Lipinski definition) is 3. The molecule has 3 nitrogen and oxygen atoms in total. The van der Waals surface area contributed by atoms with E-state index in [1.165, 1.54) is 44.9 Å². The van der Waals surface area contributed by atoms with Crippen LogP contribution < -0.4 is 5.73 Å². The monoisotopic (exact) mass is 297 g/mol. The van der Waals surface area contributed by atoms with Gasteiger partial charge >= 0.3 is 0 Å². The predicted molar refractivity (Wildman–Crippen MR) is 91.2 cm³/mol. The van der Waals surface area contributed by atoms with Crippen molar-refractivity contribution in [1.82, 2.24) is 0 Å². The van der Waals surface area contributed by atoms with Crippen LogP contribution in [0, 0.1) is 0 Å². The first-order valence-electron chi connectivity index (χ1n) is 8.58. The van der Waals surface area contributed by atoms with E-state index in [4.69, 9.17) is 10.8 Å². The van der Waals surface area contributed by atoms with Crippen LogP contribution in [0.1, 0.15) is 71.1 Å². The average molecular weight is 297 g/mol. The number of rotatable bonds is 14. The fourth-order valence-electron chi connectivity index (χ4n) is 2.11. The van der Waals surface area contributed by atoms with Gasteiger partial charge in [0.2, 0.25) is 0 Å². The van der Waals surface area contributed by atoms with E-state index in [0.717, 1.165) is 19.3 Å². The molecule has 0 unspecified atom stereocenters. The SMILES string of the molecule is CCCCCCC/C=C/CCCC/C=C/[C@@H](O)[C@@H](N)CO. The predicted octanol–water partition coefficient (Wildman–Crippen LogP) is 3.70. The number of hydrogen-bond acceptors (Lipinski definition) is 3.